The van der Waals surface area contributed by atoms with Gasteiger partial charge in [-0.05, 0) is 30.2 Å². The molecular weight excluding hydrogens is 256 g/mol. The van der Waals surface area contributed by atoms with E-state index in [-0.39, 0.29) is 0 Å². The molecule has 1 aromatic rings. The number of benzene rings is 1. The van der Waals surface area contributed by atoms with Crippen LogP contribution in [-0.4, -0.2) is 12.4 Å². The summed E-state index contributed by atoms with van der Waals surface area (Å²) >= 11 is 0. The zero-order valence-electron chi connectivity index (χ0n) is 13.5. The highest BCUT2D eigenvalue weighted by atomic mass is 15.0. The molecule has 2 atom stereocenters. The van der Waals surface area contributed by atoms with Gasteiger partial charge in [-0.25, -0.2) is 0 Å². The summed E-state index contributed by atoms with van der Waals surface area (Å²) in [5.41, 5.74) is 1.42. The fourth-order valence-corrected chi connectivity index (χ4v) is 3.13. The summed E-state index contributed by atoms with van der Waals surface area (Å²) < 4.78 is 0. The molecule has 0 spiro atoms. The van der Waals surface area contributed by atoms with Gasteiger partial charge < -0.3 is 0 Å². The highest BCUT2D eigenvalue weighted by Gasteiger charge is 2.36. The highest BCUT2D eigenvalue weighted by molar-refractivity contribution is 6.18. The molecule has 2 nitrogen and oxygen atoms in total. The van der Waals surface area contributed by atoms with Crippen LogP contribution in [0.4, 0.5) is 0 Å². The van der Waals surface area contributed by atoms with Crippen molar-refractivity contribution in [2.75, 3.05) is 0 Å². The molecule has 112 valence electrons. The van der Waals surface area contributed by atoms with Crippen molar-refractivity contribution in [2.24, 2.45) is 27.7 Å². The summed E-state index contributed by atoms with van der Waals surface area (Å²) in [5, 5.41) is 0. The molecule has 0 radical (unpaired) electrons. The number of hydrogen-bond donors (Lipinski definition) is 0. The minimum absolute atomic E-state index is 0.472. The van der Waals surface area contributed by atoms with Crippen LogP contribution in [0.3, 0.4) is 0 Å². The van der Waals surface area contributed by atoms with E-state index in [0.717, 1.165) is 12.6 Å². The molecule has 1 aromatic carbocycles. The topological polar surface area (TPSA) is 24.7 Å². The lowest BCUT2D eigenvalue weighted by Gasteiger charge is -2.28. The third kappa shape index (κ3) is 4.45. The largest absolute Gasteiger partial charge is 0.244 e. The number of nitrogens with zero attached hydrogens (tertiary/aromatic N) is 2. The summed E-state index contributed by atoms with van der Waals surface area (Å²) in [4.78, 5) is 9.01. The summed E-state index contributed by atoms with van der Waals surface area (Å²) in [6.45, 7) is 6.91. The first-order valence-electron chi connectivity index (χ1n) is 8.19. The first-order chi connectivity index (χ1) is 10.2. The molecule has 0 aromatic heterocycles. The molecule has 0 saturated heterocycles. The Morgan fingerprint density at radius 1 is 1.05 bits per heavy atom. The van der Waals surface area contributed by atoms with Crippen molar-refractivity contribution in [1.82, 2.24) is 0 Å². The van der Waals surface area contributed by atoms with Crippen molar-refractivity contribution in [3.8, 4) is 0 Å². The molecule has 0 N–H and O–H groups in total. The van der Waals surface area contributed by atoms with Crippen LogP contribution in [0, 0.1) is 23.9 Å². The maximum absolute atomic E-state index is 4.50. The Kier molecular flexibility index (Phi) is 6.04. The Morgan fingerprint density at radius 2 is 1.71 bits per heavy atom. The predicted molar refractivity (Wildman–Crippen MR) is 91.7 cm³/mol. The Hall–Kier alpha value is -1.57. The second-order valence-corrected chi connectivity index (χ2v) is 6.26. The minimum Gasteiger partial charge on any atom is -0.0965 e. The maximum atomic E-state index is 4.50. The van der Waals surface area contributed by atoms with Gasteiger partial charge in [-0.1, -0.05) is 73.9 Å². The van der Waals surface area contributed by atoms with Crippen LogP contribution in [0.1, 0.15) is 45.6 Å². The van der Waals surface area contributed by atoms with Crippen LogP contribution in [0.5, 0.6) is 0 Å². The first-order valence-corrected chi connectivity index (χ1v) is 8.19. The van der Waals surface area contributed by atoms with Crippen LogP contribution in [0.15, 0.2) is 40.3 Å². The standard InChI is InChI=1S/C19H27N2/c1-4-5-11-17(19-20-12-13-21-19)18(15(2)3)14-16-9-7-6-8-10-16/h6-10,12-13,15,17-18H,4-5,11,14H2,1-3H3/q+1. The quantitative estimate of drug-likeness (QED) is 0.603. The molecule has 0 amide bonds. The lowest BCUT2D eigenvalue weighted by Crippen LogP contribution is -2.26. The van der Waals surface area contributed by atoms with E-state index in [9.17, 15) is 0 Å². The van der Waals surface area contributed by atoms with Crippen LogP contribution in [0.25, 0.3) is 0 Å². The molecule has 0 aliphatic carbocycles. The molecule has 1 heterocycles. The second kappa shape index (κ2) is 8.02. The Labute approximate surface area is 129 Å². The Balaban J connectivity index is 2.15. The van der Waals surface area contributed by atoms with Gasteiger partial charge in [0.15, 0.2) is 12.4 Å². The maximum Gasteiger partial charge on any atom is 0.244 e. The normalized spacial score (nSPS) is 16.7. The Morgan fingerprint density at radius 3 is 2.29 bits per heavy atom. The SMILES string of the molecule is CCCCC([C+]1N=CC=N1)C(Cc1ccccc1)C(C)C. The van der Waals surface area contributed by atoms with E-state index in [1.165, 1.54) is 24.8 Å². The van der Waals surface area contributed by atoms with E-state index < -0.39 is 0 Å². The number of rotatable bonds is 8. The van der Waals surface area contributed by atoms with Gasteiger partial charge >= 0.3 is 0 Å². The zero-order valence-corrected chi connectivity index (χ0v) is 13.5. The van der Waals surface area contributed by atoms with E-state index in [1.54, 1.807) is 0 Å². The van der Waals surface area contributed by atoms with Crippen molar-refractivity contribution >= 4 is 12.4 Å². The molecule has 1 aliphatic rings. The average Bonchev–Trinajstić information content (AvgIpc) is 3.01. The van der Waals surface area contributed by atoms with Crippen molar-refractivity contribution in [1.29, 1.82) is 0 Å². The van der Waals surface area contributed by atoms with Crippen molar-refractivity contribution < 1.29 is 0 Å². The van der Waals surface area contributed by atoms with E-state index in [4.69, 9.17) is 0 Å². The molecule has 2 heteroatoms. The van der Waals surface area contributed by atoms with Gasteiger partial charge in [-0.3, -0.25) is 0 Å². The fourth-order valence-electron chi connectivity index (χ4n) is 3.13. The van der Waals surface area contributed by atoms with E-state index in [2.05, 4.69) is 61.1 Å². The average molecular weight is 283 g/mol. The second-order valence-electron chi connectivity index (χ2n) is 6.26. The first kappa shape index (κ1) is 15.8. The lowest BCUT2D eigenvalue weighted by atomic mass is 9.75. The minimum atomic E-state index is 0.472. The smallest absolute Gasteiger partial charge is 0.0965 e. The monoisotopic (exact) mass is 283 g/mol. The van der Waals surface area contributed by atoms with Gasteiger partial charge in [0.1, 0.15) is 0 Å². The van der Waals surface area contributed by atoms with Gasteiger partial charge in [-0.2, -0.15) is 0 Å². The molecule has 21 heavy (non-hydrogen) atoms. The molecule has 0 fully saturated rings. The summed E-state index contributed by atoms with van der Waals surface area (Å²) in [7, 11) is 0. The number of aliphatic imine (C=N–C) groups is 2. The van der Waals surface area contributed by atoms with Gasteiger partial charge in [0.25, 0.3) is 0 Å². The lowest BCUT2D eigenvalue weighted by molar-refractivity contribution is 0.241. The van der Waals surface area contributed by atoms with Crippen LogP contribution in [-0.2, 0) is 6.42 Å². The van der Waals surface area contributed by atoms with Gasteiger partial charge in [0.05, 0.1) is 5.92 Å². The highest BCUT2D eigenvalue weighted by Crippen LogP contribution is 2.37. The van der Waals surface area contributed by atoms with E-state index >= 15 is 0 Å². The molecule has 0 bridgehead atoms. The third-order valence-corrected chi connectivity index (χ3v) is 4.37. The summed E-state index contributed by atoms with van der Waals surface area (Å²) in [5.74, 6) is 1.70. The van der Waals surface area contributed by atoms with Gasteiger partial charge in [0, 0.05) is 0 Å². The van der Waals surface area contributed by atoms with Crippen molar-refractivity contribution in [3.05, 3.63) is 42.1 Å². The van der Waals surface area contributed by atoms with E-state index in [1.807, 2.05) is 12.4 Å². The summed E-state index contributed by atoms with van der Waals surface area (Å²) in [6, 6.07) is 10.8. The zero-order chi connectivity index (χ0) is 15.1. The number of unbranched alkanes of at least 4 members (excludes halogenated alkanes) is 1. The molecule has 1 aliphatic heterocycles. The Bertz CT molecular complexity index is 450. The molecular formula is C19H27N2+. The van der Waals surface area contributed by atoms with Gasteiger partial charge in [-0.15, -0.1) is 0 Å². The van der Waals surface area contributed by atoms with Crippen LogP contribution >= 0.6 is 0 Å². The third-order valence-electron chi connectivity index (χ3n) is 4.37. The summed E-state index contributed by atoms with van der Waals surface area (Å²) in [6.07, 6.45) is 9.47. The predicted octanol–water partition coefficient (Wildman–Crippen LogP) is 4.95. The number of hydrogen-bond acceptors (Lipinski definition) is 2. The molecule has 2 rings (SSSR count). The van der Waals surface area contributed by atoms with Gasteiger partial charge in [0.2, 0.25) is 6.17 Å². The molecule has 2 unspecified atom stereocenters. The van der Waals surface area contributed by atoms with E-state index in [0.29, 0.717) is 17.8 Å². The van der Waals surface area contributed by atoms with Crippen LogP contribution in [0.2, 0.25) is 0 Å². The molecule has 0 saturated carbocycles. The van der Waals surface area contributed by atoms with Crippen LogP contribution < -0.4 is 0 Å². The fraction of sp³-hybridized carbons (Fsp3) is 0.526. The van der Waals surface area contributed by atoms with Crippen molar-refractivity contribution in [2.45, 2.75) is 46.5 Å². The van der Waals surface area contributed by atoms with Crippen molar-refractivity contribution in [3.63, 3.8) is 0 Å².